The molecular formula is C82H160O17P2. The molecule has 0 rings (SSSR count). The van der Waals surface area contributed by atoms with Gasteiger partial charge >= 0.3 is 39.5 Å². The van der Waals surface area contributed by atoms with Crippen LogP contribution in [-0.2, 0) is 65.4 Å². The van der Waals surface area contributed by atoms with Crippen LogP contribution in [0, 0.1) is 11.8 Å². The van der Waals surface area contributed by atoms with Crippen molar-refractivity contribution in [3.8, 4) is 0 Å². The van der Waals surface area contributed by atoms with Gasteiger partial charge in [-0.05, 0) is 37.5 Å². The minimum atomic E-state index is -4.96. The van der Waals surface area contributed by atoms with Crippen molar-refractivity contribution in [3.63, 3.8) is 0 Å². The maximum absolute atomic E-state index is 13.1. The fourth-order valence-corrected chi connectivity index (χ4v) is 14.3. The van der Waals surface area contributed by atoms with E-state index >= 15 is 0 Å². The lowest BCUT2D eigenvalue weighted by molar-refractivity contribution is -0.161. The summed E-state index contributed by atoms with van der Waals surface area (Å²) in [4.78, 5) is 73.1. The van der Waals surface area contributed by atoms with Gasteiger partial charge in [-0.3, -0.25) is 37.3 Å². The van der Waals surface area contributed by atoms with Crippen LogP contribution in [0.1, 0.15) is 433 Å². The summed E-state index contributed by atoms with van der Waals surface area (Å²) < 4.78 is 68.7. The van der Waals surface area contributed by atoms with Crippen LogP contribution < -0.4 is 0 Å². The predicted molar refractivity (Wildman–Crippen MR) is 414 cm³/mol. The van der Waals surface area contributed by atoms with Crippen molar-refractivity contribution in [1.29, 1.82) is 0 Å². The van der Waals surface area contributed by atoms with Gasteiger partial charge in [0.2, 0.25) is 0 Å². The molecular weight excluding hydrogens is 1320 g/mol. The highest BCUT2D eigenvalue weighted by atomic mass is 31.2. The average Bonchev–Trinajstić information content (AvgIpc) is 0.980. The monoisotopic (exact) mass is 1480 g/mol. The number of phosphoric acid groups is 2. The van der Waals surface area contributed by atoms with Crippen molar-refractivity contribution in [3.05, 3.63) is 0 Å². The van der Waals surface area contributed by atoms with Gasteiger partial charge in [0.1, 0.15) is 19.3 Å². The number of carbonyl (C=O) groups is 4. The highest BCUT2D eigenvalue weighted by Crippen LogP contribution is 2.45. The van der Waals surface area contributed by atoms with Crippen LogP contribution in [-0.4, -0.2) is 96.7 Å². The van der Waals surface area contributed by atoms with Gasteiger partial charge < -0.3 is 33.8 Å². The number of aliphatic hydroxyl groups excluding tert-OH is 1. The third-order valence-corrected chi connectivity index (χ3v) is 21.1. The van der Waals surface area contributed by atoms with Crippen LogP contribution in [0.2, 0.25) is 0 Å². The number of ether oxygens (including phenoxy) is 4. The number of unbranched alkanes of at least 4 members (excludes halogenated alkanes) is 51. The second kappa shape index (κ2) is 73.6. The van der Waals surface area contributed by atoms with Crippen LogP contribution in [0.25, 0.3) is 0 Å². The van der Waals surface area contributed by atoms with Gasteiger partial charge in [-0.25, -0.2) is 9.13 Å². The number of aliphatic hydroxyl groups is 1. The molecule has 0 aromatic carbocycles. The van der Waals surface area contributed by atoms with Gasteiger partial charge in [0.05, 0.1) is 26.4 Å². The molecule has 0 aromatic rings. The van der Waals surface area contributed by atoms with E-state index in [1.165, 1.54) is 250 Å². The van der Waals surface area contributed by atoms with Crippen molar-refractivity contribution in [2.75, 3.05) is 39.6 Å². The largest absolute Gasteiger partial charge is 0.472 e. The molecule has 0 spiro atoms. The quantitative estimate of drug-likeness (QED) is 0.0222. The Morgan fingerprint density at radius 3 is 0.673 bits per heavy atom. The second-order valence-corrected chi connectivity index (χ2v) is 33.4. The van der Waals surface area contributed by atoms with Gasteiger partial charge in [0.15, 0.2) is 12.2 Å². The smallest absolute Gasteiger partial charge is 0.462 e. The molecule has 101 heavy (non-hydrogen) atoms. The fourth-order valence-electron chi connectivity index (χ4n) is 12.7. The molecule has 0 saturated carbocycles. The number of carbonyl (C=O) groups excluding carboxylic acids is 4. The van der Waals surface area contributed by atoms with Gasteiger partial charge in [-0.2, -0.15) is 0 Å². The number of esters is 4. The van der Waals surface area contributed by atoms with E-state index < -0.39 is 97.5 Å². The maximum Gasteiger partial charge on any atom is 0.472 e. The predicted octanol–water partition coefficient (Wildman–Crippen LogP) is 24.7. The fraction of sp³-hybridized carbons (Fsp3) is 0.951. The molecule has 0 aromatic heterocycles. The van der Waals surface area contributed by atoms with Crippen LogP contribution in [0.5, 0.6) is 0 Å². The zero-order valence-electron chi connectivity index (χ0n) is 66.2. The van der Waals surface area contributed by atoms with Crippen molar-refractivity contribution in [2.24, 2.45) is 11.8 Å². The molecule has 17 nitrogen and oxygen atoms in total. The molecule has 0 heterocycles. The first kappa shape index (κ1) is 99.1. The zero-order valence-corrected chi connectivity index (χ0v) is 68.0. The maximum atomic E-state index is 13.1. The molecule has 0 aliphatic rings. The van der Waals surface area contributed by atoms with Crippen molar-refractivity contribution in [2.45, 2.75) is 452 Å². The summed E-state index contributed by atoms with van der Waals surface area (Å²) in [6.45, 7) is 9.66. The van der Waals surface area contributed by atoms with Gasteiger partial charge in [0, 0.05) is 25.7 Å². The Labute approximate surface area is 619 Å². The Morgan fingerprint density at radius 2 is 0.455 bits per heavy atom. The Morgan fingerprint density at radius 1 is 0.267 bits per heavy atom. The molecule has 0 bridgehead atoms. The van der Waals surface area contributed by atoms with E-state index in [9.17, 15) is 43.2 Å². The molecule has 0 amide bonds. The molecule has 0 radical (unpaired) electrons. The van der Waals surface area contributed by atoms with Crippen molar-refractivity contribution >= 4 is 39.5 Å². The average molecular weight is 1480 g/mol. The van der Waals surface area contributed by atoms with Crippen molar-refractivity contribution in [1.82, 2.24) is 0 Å². The topological polar surface area (TPSA) is 237 Å². The van der Waals surface area contributed by atoms with Crippen LogP contribution in [0.4, 0.5) is 0 Å². The van der Waals surface area contributed by atoms with E-state index in [1.807, 2.05) is 0 Å². The highest BCUT2D eigenvalue weighted by Gasteiger charge is 2.30. The van der Waals surface area contributed by atoms with E-state index in [4.69, 9.17) is 37.0 Å². The van der Waals surface area contributed by atoms with Crippen LogP contribution in [0.3, 0.4) is 0 Å². The number of hydrogen-bond acceptors (Lipinski definition) is 15. The SMILES string of the molecule is CCCCCCCCCCCCCCCCCCCCCCC(=O)O[C@H](COC(=O)CCCCCCCCCCCCCCCC(C)C)COP(=O)(O)OC[C@@H](O)COP(=O)(O)OC[C@@H](COC(=O)CCCCCCCCCCCC)OC(=O)CCCCCCCCCCCCCCC(C)C. The number of rotatable bonds is 81. The summed E-state index contributed by atoms with van der Waals surface area (Å²) in [5.74, 6) is -0.539. The summed E-state index contributed by atoms with van der Waals surface area (Å²) in [6.07, 6.45) is 63.8. The number of hydrogen-bond donors (Lipinski definition) is 3. The lowest BCUT2D eigenvalue weighted by atomic mass is 10.0. The molecule has 0 aliphatic carbocycles. The third kappa shape index (κ3) is 76.1. The molecule has 2 unspecified atom stereocenters. The van der Waals surface area contributed by atoms with E-state index in [-0.39, 0.29) is 25.7 Å². The normalized spacial score (nSPS) is 13.9. The molecule has 0 fully saturated rings. The summed E-state index contributed by atoms with van der Waals surface area (Å²) >= 11 is 0. The van der Waals surface area contributed by atoms with Crippen LogP contribution >= 0.6 is 15.6 Å². The molecule has 19 heteroatoms. The summed E-state index contributed by atoms with van der Waals surface area (Å²) in [7, 11) is -9.92. The van der Waals surface area contributed by atoms with E-state index in [2.05, 4.69) is 41.5 Å². The summed E-state index contributed by atoms with van der Waals surface area (Å²) in [6, 6.07) is 0. The molecule has 0 saturated heterocycles. The molecule has 3 N–H and O–H groups in total. The lowest BCUT2D eigenvalue weighted by Crippen LogP contribution is -2.30. The standard InChI is InChI=1S/C82H160O17P2/c1-7-9-11-13-15-17-19-20-21-22-23-24-25-26-29-36-42-48-54-60-66-81(86)99-78(71-93-80(85)65-59-53-47-41-35-30-27-28-33-38-44-50-56-62-74(3)4)73-97-101(90,91)95-69-76(83)68-94-100(88,89)96-72-77(70-92-79(84)64-58-52-46-40-18-16-14-12-10-8-2)98-82(87)67-61-55-49-43-37-32-31-34-39-45-51-57-63-75(5)6/h74-78,83H,7-73H2,1-6H3,(H,88,89)(H,90,91)/t76-,77+,78+/m0/s1. The first-order valence-corrected chi connectivity index (χ1v) is 45.5. The Bertz CT molecular complexity index is 1940. The Balaban J connectivity index is 5.23. The highest BCUT2D eigenvalue weighted by molar-refractivity contribution is 7.47. The van der Waals surface area contributed by atoms with Gasteiger partial charge in [0.25, 0.3) is 0 Å². The third-order valence-electron chi connectivity index (χ3n) is 19.2. The lowest BCUT2D eigenvalue weighted by Gasteiger charge is -2.21. The van der Waals surface area contributed by atoms with E-state index in [1.54, 1.807) is 0 Å². The minimum Gasteiger partial charge on any atom is -0.462 e. The molecule has 600 valence electrons. The zero-order chi connectivity index (χ0) is 74.2. The molecule has 5 atom stereocenters. The summed E-state index contributed by atoms with van der Waals surface area (Å²) in [5, 5.41) is 10.6. The molecule has 0 aliphatic heterocycles. The van der Waals surface area contributed by atoms with Crippen LogP contribution in [0.15, 0.2) is 0 Å². The van der Waals surface area contributed by atoms with E-state index in [0.717, 1.165) is 102 Å². The Kier molecular flexibility index (Phi) is 72.2. The van der Waals surface area contributed by atoms with Gasteiger partial charge in [-0.15, -0.1) is 0 Å². The first-order valence-electron chi connectivity index (χ1n) is 42.5. The Hall–Kier alpha value is -1.94. The minimum absolute atomic E-state index is 0.107. The second-order valence-electron chi connectivity index (χ2n) is 30.5. The first-order chi connectivity index (χ1) is 48.9. The summed E-state index contributed by atoms with van der Waals surface area (Å²) in [5.41, 5.74) is 0. The van der Waals surface area contributed by atoms with Gasteiger partial charge in [-0.1, -0.05) is 382 Å². The van der Waals surface area contributed by atoms with Crippen molar-refractivity contribution < 1.29 is 80.2 Å². The number of phosphoric ester groups is 2. The van der Waals surface area contributed by atoms with E-state index in [0.29, 0.717) is 25.7 Å².